The molecule has 0 bridgehead atoms. The van der Waals surface area contributed by atoms with E-state index in [0.29, 0.717) is 20.9 Å². The van der Waals surface area contributed by atoms with Crippen molar-refractivity contribution in [1.29, 1.82) is 0 Å². The summed E-state index contributed by atoms with van der Waals surface area (Å²) in [5.41, 5.74) is 0.0963. The van der Waals surface area contributed by atoms with Crippen LogP contribution >= 0.6 is 19.1 Å². The van der Waals surface area contributed by atoms with Gasteiger partial charge in [0, 0.05) is 5.02 Å². The quantitative estimate of drug-likeness (QED) is 0.172. The zero-order valence-corrected chi connectivity index (χ0v) is 18.9. The Kier molecular flexibility index (Phi) is 6.83. The summed E-state index contributed by atoms with van der Waals surface area (Å²) < 4.78 is 49.0. The second kappa shape index (κ2) is 9.78. The van der Waals surface area contributed by atoms with Gasteiger partial charge in [0.25, 0.3) is 7.49 Å². The molecule has 0 radical (unpaired) electrons. The molecule has 0 fully saturated rings. The lowest BCUT2D eigenvalue weighted by atomic mass is 10.3. The van der Waals surface area contributed by atoms with Crippen molar-refractivity contribution in [2.75, 3.05) is 0 Å². The van der Waals surface area contributed by atoms with Gasteiger partial charge in [-0.2, -0.15) is 13.2 Å². The van der Waals surface area contributed by atoms with Gasteiger partial charge in [-0.1, -0.05) is 66.2 Å². The summed E-state index contributed by atoms with van der Waals surface area (Å²) >= 11 is 5.89. The Morgan fingerprint density at radius 3 is 1.39 bits per heavy atom. The summed E-state index contributed by atoms with van der Waals surface area (Å²) in [6, 6.07) is 32.8. The van der Waals surface area contributed by atoms with Crippen LogP contribution in [-0.2, 0) is 4.52 Å². The summed E-state index contributed by atoms with van der Waals surface area (Å²) in [5.74, 6) is -1.31. The molecule has 0 heterocycles. The van der Waals surface area contributed by atoms with Crippen LogP contribution in [0.15, 0.2) is 120 Å². The molecule has 0 aliphatic rings. The van der Waals surface area contributed by atoms with E-state index in [2.05, 4.69) is 4.99 Å². The van der Waals surface area contributed by atoms with Crippen molar-refractivity contribution in [3.05, 3.63) is 120 Å². The van der Waals surface area contributed by atoms with E-state index in [1.807, 2.05) is 18.2 Å². The minimum Gasteiger partial charge on any atom is -0.309 e. The van der Waals surface area contributed by atoms with Crippen molar-refractivity contribution >= 4 is 46.6 Å². The lowest BCUT2D eigenvalue weighted by molar-refractivity contribution is -0.0703. The molecule has 0 atom stereocenters. The second-order valence-electron chi connectivity index (χ2n) is 7.10. The molecule has 33 heavy (non-hydrogen) atoms. The molecule has 0 saturated heterocycles. The number of hydrogen-bond acceptors (Lipinski definition) is 2. The maximum Gasteiger partial charge on any atom is 0.473 e. The fourth-order valence-electron chi connectivity index (χ4n) is 3.42. The topological polar surface area (TPSA) is 21.6 Å². The molecule has 7 heteroatoms. The maximum atomic E-state index is 14.3. The van der Waals surface area contributed by atoms with Crippen molar-refractivity contribution in [2.45, 2.75) is 6.18 Å². The lowest BCUT2D eigenvalue weighted by Crippen LogP contribution is -2.38. The minimum atomic E-state index is -4.82. The Bertz CT molecular complexity index is 1120. The Balaban J connectivity index is 1.98. The molecular formula is C26H19ClF3NOP+. The number of nitrogens with zero attached hydrogens (tertiary/aromatic N) is 1. The molecule has 166 valence electrons. The van der Waals surface area contributed by atoms with Gasteiger partial charge in [0.05, 0.1) is 5.69 Å². The first-order valence-corrected chi connectivity index (χ1v) is 12.1. The van der Waals surface area contributed by atoms with E-state index in [1.54, 1.807) is 72.8 Å². The molecule has 0 unspecified atom stereocenters. The molecule has 0 aromatic heterocycles. The van der Waals surface area contributed by atoms with Crippen molar-refractivity contribution in [1.82, 2.24) is 0 Å². The van der Waals surface area contributed by atoms with Crippen molar-refractivity contribution in [3.63, 3.8) is 0 Å². The largest absolute Gasteiger partial charge is 0.473 e. The number of aliphatic imine (C=N–C) groups is 1. The Morgan fingerprint density at radius 1 is 0.636 bits per heavy atom. The number of halogens is 4. The van der Waals surface area contributed by atoms with Crippen LogP contribution in [0.2, 0.25) is 5.02 Å². The van der Waals surface area contributed by atoms with Gasteiger partial charge >= 0.3 is 12.1 Å². The molecule has 2 nitrogen and oxygen atoms in total. The molecule has 4 aromatic carbocycles. The predicted molar refractivity (Wildman–Crippen MR) is 131 cm³/mol. The van der Waals surface area contributed by atoms with Gasteiger partial charge in [-0.15, -0.1) is 0 Å². The molecule has 4 aromatic rings. The third kappa shape index (κ3) is 5.11. The highest BCUT2D eigenvalue weighted by Crippen LogP contribution is 2.57. The molecule has 0 aliphatic carbocycles. The van der Waals surface area contributed by atoms with Crippen LogP contribution in [0.3, 0.4) is 0 Å². The molecular weight excluding hydrogens is 466 g/mol. The molecule has 4 rings (SSSR count). The summed E-state index contributed by atoms with van der Waals surface area (Å²) in [5, 5.41) is 2.35. The maximum absolute atomic E-state index is 14.3. The third-order valence-electron chi connectivity index (χ3n) is 4.88. The van der Waals surface area contributed by atoms with E-state index in [4.69, 9.17) is 16.1 Å². The van der Waals surface area contributed by atoms with Gasteiger partial charge in [0.15, 0.2) is 0 Å². The third-order valence-corrected chi connectivity index (χ3v) is 8.66. The van der Waals surface area contributed by atoms with Crippen LogP contribution < -0.4 is 15.9 Å². The van der Waals surface area contributed by atoms with E-state index in [0.717, 1.165) is 0 Å². The van der Waals surface area contributed by atoms with Crippen molar-refractivity contribution in [2.24, 2.45) is 4.99 Å². The number of rotatable bonds is 5. The van der Waals surface area contributed by atoms with Gasteiger partial charge in [0.1, 0.15) is 15.9 Å². The van der Waals surface area contributed by atoms with Crippen LogP contribution in [0.1, 0.15) is 0 Å². The van der Waals surface area contributed by atoms with Crippen LogP contribution in [0.5, 0.6) is 0 Å². The molecule has 0 spiro atoms. The van der Waals surface area contributed by atoms with E-state index < -0.39 is 19.6 Å². The average molecular weight is 485 g/mol. The molecule has 0 amide bonds. The van der Waals surface area contributed by atoms with Crippen molar-refractivity contribution < 1.29 is 17.7 Å². The predicted octanol–water partition coefficient (Wildman–Crippen LogP) is 6.86. The van der Waals surface area contributed by atoms with Gasteiger partial charge < -0.3 is 4.52 Å². The van der Waals surface area contributed by atoms with E-state index in [1.165, 1.54) is 24.3 Å². The number of benzene rings is 4. The first kappa shape index (κ1) is 23.0. The zero-order valence-electron chi connectivity index (χ0n) is 17.3. The van der Waals surface area contributed by atoms with Crippen LogP contribution in [0.4, 0.5) is 18.9 Å². The van der Waals surface area contributed by atoms with Crippen LogP contribution in [0.25, 0.3) is 0 Å². The van der Waals surface area contributed by atoms with Gasteiger partial charge in [-0.05, 0) is 60.7 Å². The Labute approximate surface area is 195 Å². The van der Waals surface area contributed by atoms with E-state index in [9.17, 15) is 13.2 Å². The minimum absolute atomic E-state index is 0.0963. The second-order valence-corrected chi connectivity index (χ2v) is 10.5. The normalized spacial score (nSPS) is 12.4. The number of hydrogen-bond donors (Lipinski definition) is 0. The van der Waals surface area contributed by atoms with E-state index >= 15 is 0 Å². The Hall–Kier alpha value is -3.14. The highest BCUT2D eigenvalue weighted by atomic mass is 35.5. The number of alkyl halides is 3. The van der Waals surface area contributed by atoms with Crippen LogP contribution in [0, 0.1) is 0 Å². The fourth-order valence-corrected chi connectivity index (χ4v) is 6.93. The van der Waals surface area contributed by atoms with Crippen molar-refractivity contribution in [3.8, 4) is 0 Å². The first-order chi connectivity index (χ1) is 15.9. The SMILES string of the molecule is FC(F)(F)C(=Nc1ccc(Cl)cc1)O[P+](c1ccccc1)(c1ccccc1)c1ccccc1. The monoisotopic (exact) mass is 484 g/mol. The van der Waals surface area contributed by atoms with Crippen LogP contribution in [-0.4, -0.2) is 12.1 Å². The first-order valence-electron chi connectivity index (χ1n) is 10.1. The van der Waals surface area contributed by atoms with E-state index in [-0.39, 0.29) is 5.69 Å². The smallest absolute Gasteiger partial charge is 0.309 e. The summed E-state index contributed by atoms with van der Waals surface area (Å²) in [6.07, 6.45) is -4.82. The fraction of sp³-hybridized carbons (Fsp3) is 0.0385. The lowest BCUT2D eigenvalue weighted by Gasteiger charge is -2.27. The standard InChI is InChI=1S/C26H19ClF3NOP/c27-20-16-18-21(19-17-20)31-25(26(28,29)30)32-33(22-10-4-1-5-11-22,23-12-6-2-7-13-23)24-14-8-3-9-15-24/h1-19H/q+1. The Morgan fingerprint density at radius 2 is 1.03 bits per heavy atom. The molecule has 0 aliphatic heterocycles. The summed E-state index contributed by atoms with van der Waals surface area (Å²) in [6.45, 7) is 0. The summed E-state index contributed by atoms with van der Waals surface area (Å²) in [7, 11) is -3.23. The van der Waals surface area contributed by atoms with Gasteiger partial charge in [-0.3, -0.25) is 0 Å². The zero-order chi connectivity index (χ0) is 23.3. The highest BCUT2D eigenvalue weighted by Gasteiger charge is 2.55. The van der Waals surface area contributed by atoms with Gasteiger partial charge in [0.2, 0.25) is 0 Å². The molecule has 0 N–H and O–H groups in total. The van der Waals surface area contributed by atoms with Gasteiger partial charge in [-0.25, -0.2) is 4.99 Å². The molecule has 0 saturated carbocycles. The average Bonchev–Trinajstić information content (AvgIpc) is 2.84. The highest BCUT2D eigenvalue weighted by molar-refractivity contribution is 7.92. The summed E-state index contributed by atoms with van der Waals surface area (Å²) in [4.78, 5) is 3.87.